The van der Waals surface area contributed by atoms with Gasteiger partial charge in [-0.05, 0) is 6.42 Å². The summed E-state index contributed by atoms with van der Waals surface area (Å²) in [5.74, 6) is -0.738. The fraction of sp³-hybridized carbons (Fsp3) is 0.917. The van der Waals surface area contributed by atoms with E-state index in [0.717, 1.165) is 19.3 Å². The Hall–Kier alpha value is -0.0675. The lowest BCUT2D eigenvalue weighted by Gasteiger charge is -2.00. The van der Waals surface area contributed by atoms with Gasteiger partial charge < -0.3 is 0 Å². The van der Waals surface area contributed by atoms with Crippen LogP contribution in [0, 0.1) is 0 Å². The van der Waals surface area contributed by atoms with Gasteiger partial charge in [-0.25, -0.2) is 4.79 Å². The van der Waals surface area contributed by atoms with E-state index in [1.54, 1.807) is 0 Å². The lowest BCUT2D eigenvalue weighted by Crippen LogP contribution is -1.96. The second-order valence-electron chi connectivity index (χ2n) is 4.03. The minimum Gasteiger partial charge on any atom is -0.255 e. The Morgan fingerprint density at radius 3 is 1.81 bits per heavy atom. The predicted molar refractivity (Wildman–Crippen MR) is 69.0 cm³/mol. The van der Waals surface area contributed by atoms with Gasteiger partial charge in [0.25, 0.3) is 0 Å². The highest BCUT2D eigenvalue weighted by Gasteiger charge is 2.01. The first-order chi connectivity index (χ1) is 7.31. The molecule has 0 aromatic heterocycles. The Labute approximate surface area is 109 Å². The number of rotatable bonds is 10. The van der Waals surface area contributed by atoms with Crippen LogP contribution in [0.1, 0.15) is 71.1 Å². The fourth-order valence-corrected chi connectivity index (χ4v) is 1.62. The highest BCUT2D eigenvalue weighted by atomic mass is 27.0. The second-order valence-corrected chi connectivity index (χ2v) is 4.03. The van der Waals surface area contributed by atoms with Crippen molar-refractivity contribution in [3.63, 3.8) is 0 Å². The Balaban J connectivity index is 0. The number of carbonyl (C=O) groups is 1. The van der Waals surface area contributed by atoms with Crippen molar-refractivity contribution in [1.82, 2.24) is 0 Å². The summed E-state index contributed by atoms with van der Waals surface area (Å²) < 4.78 is 11.3. The topological polar surface area (TPSA) is 26.3 Å². The van der Waals surface area contributed by atoms with Gasteiger partial charge in [-0.2, -0.15) is 0 Å². The predicted octanol–water partition coefficient (Wildman–Crippen LogP) is 3.15. The number of halogens is 1. The van der Waals surface area contributed by atoms with Gasteiger partial charge >= 0.3 is 5.97 Å². The number of unbranched alkanes of at least 4 members (excludes halogenated alkanes) is 8. The van der Waals surface area contributed by atoms with Crippen LogP contribution in [0.3, 0.4) is 0 Å². The van der Waals surface area contributed by atoms with E-state index in [1.165, 1.54) is 38.5 Å². The van der Waals surface area contributed by atoms with Gasteiger partial charge in [-0.1, -0.05) is 58.3 Å². The van der Waals surface area contributed by atoms with Crippen molar-refractivity contribution in [2.45, 2.75) is 71.1 Å². The smallest absolute Gasteiger partial charge is 0.255 e. The molecule has 0 bridgehead atoms. The number of carbonyl (C=O) groups excluding carboxylic acids is 1. The van der Waals surface area contributed by atoms with Crippen LogP contribution >= 0.6 is 0 Å². The normalized spacial score (nSPS) is 9.62. The first kappa shape index (κ1) is 18.3. The summed E-state index contributed by atoms with van der Waals surface area (Å²) in [5, 5.41) is 0. The van der Waals surface area contributed by atoms with Crippen LogP contribution < -0.4 is 0 Å². The molecule has 0 N–H and O–H groups in total. The molecule has 0 atom stereocenters. The van der Waals surface area contributed by atoms with Crippen LogP contribution in [0.4, 0.5) is 4.53 Å². The van der Waals surface area contributed by atoms with E-state index in [9.17, 15) is 9.32 Å². The zero-order valence-electron chi connectivity index (χ0n) is 9.77. The molecule has 96 valence electrons. The fourth-order valence-electron chi connectivity index (χ4n) is 1.62. The van der Waals surface area contributed by atoms with E-state index in [0.29, 0.717) is 0 Å². The molecule has 0 saturated heterocycles. The molecule has 16 heavy (non-hydrogen) atoms. The van der Waals surface area contributed by atoms with Gasteiger partial charge in [-0.15, -0.1) is 0 Å². The van der Waals surface area contributed by atoms with E-state index < -0.39 is 5.97 Å². The SMILES string of the molecule is CCCCCCCCCCCC(=O)OF.[AlH3]. The van der Waals surface area contributed by atoms with Crippen molar-refractivity contribution in [1.29, 1.82) is 0 Å². The molecule has 0 aliphatic rings. The molecule has 4 heteroatoms. The molecule has 2 nitrogen and oxygen atoms in total. The summed E-state index contributed by atoms with van der Waals surface area (Å²) in [7, 11) is 0. The van der Waals surface area contributed by atoms with Gasteiger partial charge in [-0.3, -0.25) is 4.94 Å². The van der Waals surface area contributed by atoms with Crippen molar-refractivity contribution in [3.05, 3.63) is 0 Å². The Morgan fingerprint density at radius 2 is 1.38 bits per heavy atom. The molecule has 0 aliphatic heterocycles. The van der Waals surface area contributed by atoms with Gasteiger partial charge in [0.05, 0.1) is 0 Å². The van der Waals surface area contributed by atoms with Crippen LogP contribution in [-0.2, 0) is 9.74 Å². The maximum Gasteiger partial charge on any atom is 0.348 e. The molecular formula is C12H26AlFO2. The van der Waals surface area contributed by atoms with E-state index in [1.807, 2.05) is 0 Å². The van der Waals surface area contributed by atoms with Crippen LogP contribution in [0.15, 0.2) is 0 Å². The van der Waals surface area contributed by atoms with Gasteiger partial charge in [0, 0.05) is 10.9 Å². The molecule has 0 aromatic rings. The molecule has 0 aromatic carbocycles. The zero-order chi connectivity index (χ0) is 11.4. The molecule has 0 aliphatic carbocycles. The summed E-state index contributed by atoms with van der Waals surface area (Å²) in [6, 6.07) is 0. The quantitative estimate of drug-likeness (QED) is 0.438. The van der Waals surface area contributed by atoms with Crippen LogP contribution in [0.25, 0.3) is 0 Å². The molecule has 0 radical (unpaired) electrons. The maximum atomic E-state index is 11.3. The van der Waals surface area contributed by atoms with E-state index >= 15 is 0 Å². The largest absolute Gasteiger partial charge is 0.348 e. The minimum atomic E-state index is -0.738. The summed E-state index contributed by atoms with van der Waals surface area (Å²) in [5.41, 5.74) is 0. The second kappa shape index (κ2) is 14.9. The van der Waals surface area contributed by atoms with Gasteiger partial charge in [0.15, 0.2) is 17.4 Å². The first-order valence-corrected chi connectivity index (χ1v) is 6.12. The minimum absolute atomic E-state index is 0. The Morgan fingerprint density at radius 1 is 0.938 bits per heavy atom. The summed E-state index contributed by atoms with van der Waals surface area (Å²) in [4.78, 5) is 13.5. The van der Waals surface area contributed by atoms with Crippen molar-refractivity contribution < 1.29 is 14.3 Å². The summed E-state index contributed by atoms with van der Waals surface area (Å²) in [6.07, 6.45) is 10.9. The van der Waals surface area contributed by atoms with E-state index in [4.69, 9.17) is 0 Å². The van der Waals surface area contributed by atoms with Crippen LogP contribution in [0.2, 0.25) is 0 Å². The molecule has 0 unspecified atom stereocenters. The third-order valence-corrected chi connectivity index (χ3v) is 2.57. The molecule has 0 fully saturated rings. The van der Waals surface area contributed by atoms with E-state index in [-0.39, 0.29) is 23.8 Å². The molecule has 0 amide bonds. The Kier molecular flexibility index (Phi) is 17.1. The van der Waals surface area contributed by atoms with Gasteiger partial charge in [0.1, 0.15) is 0 Å². The van der Waals surface area contributed by atoms with Crippen LogP contribution in [0.5, 0.6) is 0 Å². The number of hydrogen-bond acceptors (Lipinski definition) is 2. The number of hydrogen-bond donors (Lipinski definition) is 0. The monoisotopic (exact) mass is 248 g/mol. The van der Waals surface area contributed by atoms with E-state index in [2.05, 4.69) is 11.9 Å². The summed E-state index contributed by atoms with van der Waals surface area (Å²) in [6.45, 7) is 2.21. The molecule has 0 saturated carbocycles. The van der Waals surface area contributed by atoms with Crippen LogP contribution in [-0.4, -0.2) is 23.3 Å². The molecular weight excluding hydrogens is 222 g/mol. The Bertz CT molecular complexity index is 154. The maximum absolute atomic E-state index is 11.3. The summed E-state index contributed by atoms with van der Waals surface area (Å²) >= 11 is 0. The van der Waals surface area contributed by atoms with Gasteiger partial charge in [0.2, 0.25) is 0 Å². The highest BCUT2D eigenvalue weighted by Crippen LogP contribution is 2.10. The van der Waals surface area contributed by atoms with Crippen molar-refractivity contribution in [2.24, 2.45) is 0 Å². The zero-order valence-corrected chi connectivity index (χ0v) is 9.77. The third kappa shape index (κ3) is 13.9. The highest BCUT2D eigenvalue weighted by molar-refractivity contribution is 5.75. The molecule has 0 heterocycles. The lowest BCUT2D eigenvalue weighted by atomic mass is 10.1. The van der Waals surface area contributed by atoms with Crippen molar-refractivity contribution >= 4 is 23.3 Å². The molecule has 0 spiro atoms. The first-order valence-electron chi connectivity index (χ1n) is 6.12. The van der Waals surface area contributed by atoms with Crippen molar-refractivity contribution in [3.8, 4) is 0 Å². The molecule has 0 rings (SSSR count). The average molecular weight is 248 g/mol. The average Bonchev–Trinajstić information content (AvgIpc) is 2.26. The standard InChI is InChI=1S/C12H23FO2.Al.3H/c1-2-3-4-5-6-7-8-9-10-11-12(14)15-13;;;;/h2-11H2,1H3;;;;. The van der Waals surface area contributed by atoms with Crippen molar-refractivity contribution in [2.75, 3.05) is 0 Å². The third-order valence-electron chi connectivity index (χ3n) is 2.57. The lowest BCUT2D eigenvalue weighted by molar-refractivity contribution is -0.183.